The fraction of sp³-hybridized carbons (Fsp3) is 0.133. The largest absolute Gasteiger partial charge is 0.431 e. The van der Waals surface area contributed by atoms with Gasteiger partial charge in [0.15, 0.2) is 5.58 Å². The van der Waals surface area contributed by atoms with Gasteiger partial charge in [0.2, 0.25) is 10.9 Å². The summed E-state index contributed by atoms with van der Waals surface area (Å²) in [7, 11) is 0. The summed E-state index contributed by atoms with van der Waals surface area (Å²) in [5.41, 5.74) is 1.34. The van der Waals surface area contributed by atoms with E-state index < -0.39 is 0 Å². The average molecular weight is 373 g/mol. The number of amides is 1. The number of aromatic nitrogens is 4. The average Bonchev–Trinajstić information content (AvgIpc) is 3.18. The Labute approximate surface area is 148 Å². The molecular weight excluding hydrogens is 362 g/mol. The second kappa shape index (κ2) is 6.30. The number of thiazole rings is 1. The van der Waals surface area contributed by atoms with E-state index in [1.807, 2.05) is 24.3 Å². The van der Waals surface area contributed by atoms with Gasteiger partial charge in [0.05, 0.1) is 5.75 Å². The third-order valence-corrected chi connectivity index (χ3v) is 4.95. The molecule has 0 aliphatic heterocycles. The first-order valence-electron chi connectivity index (χ1n) is 7.23. The lowest BCUT2D eigenvalue weighted by Crippen LogP contribution is -2.19. The summed E-state index contributed by atoms with van der Waals surface area (Å²) >= 11 is 2.44. The van der Waals surface area contributed by atoms with E-state index in [0.29, 0.717) is 21.6 Å². The zero-order valence-electron chi connectivity index (χ0n) is 12.9. The number of benzene rings is 1. The summed E-state index contributed by atoms with van der Waals surface area (Å²) in [5.74, 6) is 0.375. The van der Waals surface area contributed by atoms with Crippen molar-refractivity contribution in [2.45, 2.75) is 12.1 Å². The SMILES string of the molecule is Cc1nn2c(NC(=O)CSc3nc4ccccc4o3)csc2nc1=O. The van der Waals surface area contributed by atoms with Gasteiger partial charge in [0.1, 0.15) is 17.0 Å². The molecule has 0 radical (unpaired) electrons. The molecule has 1 N–H and O–H groups in total. The number of rotatable bonds is 4. The van der Waals surface area contributed by atoms with Gasteiger partial charge < -0.3 is 9.73 Å². The molecule has 10 heteroatoms. The van der Waals surface area contributed by atoms with Crippen LogP contribution in [0.2, 0.25) is 0 Å². The Morgan fingerprint density at radius 1 is 1.36 bits per heavy atom. The van der Waals surface area contributed by atoms with Crippen LogP contribution in [0.15, 0.2) is 44.1 Å². The zero-order valence-corrected chi connectivity index (χ0v) is 14.6. The quantitative estimate of drug-likeness (QED) is 0.548. The van der Waals surface area contributed by atoms with E-state index in [9.17, 15) is 9.59 Å². The Hall–Kier alpha value is -2.72. The van der Waals surface area contributed by atoms with Gasteiger partial charge in [-0.3, -0.25) is 9.59 Å². The second-order valence-electron chi connectivity index (χ2n) is 5.10. The topological polar surface area (TPSA) is 102 Å². The Balaban J connectivity index is 1.47. The monoisotopic (exact) mass is 373 g/mol. The van der Waals surface area contributed by atoms with Gasteiger partial charge in [-0.2, -0.15) is 14.6 Å². The van der Waals surface area contributed by atoms with Crippen LogP contribution in [0, 0.1) is 6.92 Å². The summed E-state index contributed by atoms with van der Waals surface area (Å²) in [4.78, 5) is 32.3. The first-order chi connectivity index (χ1) is 12.1. The molecule has 0 atom stereocenters. The van der Waals surface area contributed by atoms with Crippen molar-refractivity contribution in [3.8, 4) is 0 Å². The molecule has 8 nitrogen and oxygen atoms in total. The number of carbonyl (C=O) groups is 1. The molecular formula is C15H11N5O3S2. The first-order valence-corrected chi connectivity index (χ1v) is 9.10. The second-order valence-corrected chi connectivity index (χ2v) is 6.87. The molecule has 0 saturated carbocycles. The maximum Gasteiger partial charge on any atom is 0.295 e. The van der Waals surface area contributed by atoms with Crippen molar-refractivity contribution < 1.29 is 9.21 Å². The van der Waals surface area contributed by atoms with Gasteiger partial charge in [-0.15, -0.1) is 11.3 Å². The van der Waals surface area contributed by atoms with Crippen molar-refractivity contribution in [3.63, 3.8) is 0 Å². The fourth-order valence-corrected chi connectivity index (χ4v) is 3.53. The molecule has 1 aromatic carbocycles. The molecule has 0 saturated heterocycles. The van der Waals surface area contributed by atoms with E-state index in [1.165, 1.54) is 27.6 Å². The van der Waals surface area contributed by atoms with E-state index >= 15 is 0 Å². The molecule has 0 bridgehead atoms. The van der Waals surface area contributed by atoms with Gasteiger partial charge in [-0.25, -0.2) is 4.98 Å². The molecule has 4 aromatic rings. The Kier molecular flexibility index (Phi) is 3.98. The number of hydrogen-bond acceptors (Lipinski definition) is 8. The fourth-order valence-electron chi connectivity index (χ4n) is 2.14. The minimum Gasteiger partial charge on any atom is -0.431 e. The molecule has 0 fully saturated rings. The highest BCUT2D eigenvalue weighted by atomic mass is 32.2. The van der Waals surface area contributed by atoms with Crippen molar-refractivity contribution in [2.24, 2.45) is 0 Å². The van der Waals surface area contributed by atoms with Crippen molar-refractivity contribution in [1.29, 1.82) is 0 Å². The number of anilines is 1. The Morgan fingerprint density at radius 2 is 2.20 bits per heavy atom. The minimum atomic E-state index is -0.369. The zero-order chi connectivity index (χ0) is 17.4. The van der Waals surface area contributed by atoms with E-state index in [-0.39, 0.29) is 22.9 Å². The molecule has 4 rings (SSSR count). The van der Waals surface area contributed by atoms with Crippen LogP contribution in [0.3, 0.4) is 0 Å². The summed E-state index contributed by atoms with van der Waals surface area (Å²) in [5, 5.41) is 9.02. The molecule has 25 heavy (non-hydrogen) atoms. The van der Waals surface area contributed by atoms with Gasteiger partial charge >= 0.3 is 0 Å². The van der Waals surface area contributed by atoms with Crippen LogP contribution in [-0.4, -0.2) is 31.2 Å². The van der Waals surface area contributed by atoms with Crippen LogP contribution in [0.4, 0.5) is 5.82 Å². The normalized spacial score (nSPS) is 11.2. The number of fused-ring (bicyclic) bond motifs is 2. The standard InChI is InChI=1S/C15H11N5O3S2/c1-8-13(22)18-14-20(19-8)11(6-24-14)17-12(21)7-25-15-16-9-4-2-3-5-10(9)23-15/h2-6H,7H2,1H3,(H,17,21). The number of oxazole rings is 1. The lowest BCUT2D eigenvalue weighted by atomic mass is 10.3. The van der Waals surface area contributed by atoms with E-state index in [1.54, 1.807) is 12.3 Å². The van der Waals surface area contributed by atoms with E-state index in [0.717, 1.165) is 5.52 Å². The molecule has 3 aromatic heterocycles. The van der Waals surface area contributed by atoms with E-state index in [4.69, 9.17) is 4.42 Å². The molecule has 3 heterocycles. The third-order valence-electron chi connectivity index (χ3n) is 3.31. The molecule has 0 unspecified atom stereocenters. The molecule has 0 aliphatic rings. The smallest absolute Gasteiger partial charge is 0.295 e. The predicted octanol–water partition coefficient (Wildman–Crippen LogP) is 2.33. The van der Waals surface area contributed by atoms with Crippen molar-refractivity contribution in [2.75, 3.05) is 11.1 Å². The maximum absolute atomic E-state index is 12.2. The minimum absolute atomic E-state index is 0.136. The highest BCUT2D eigenvalue weighted by Crippen LogP contribution is 2.23. The van der Waals surface area contributed by atoms with Crippen LogP contribution in [-0.2, 0) is 4.79 Å². The van der Waals surface area contributed by atoms with Gasteiger partial charge in [0, 0.05) is 5.38 Å². The summed E-state index contributed by atoms with van der Waals surface area (Å²) in [6, 6.07) is 7.42. The molecule has 0 aliphatic carbocycles. The molecule has 0 spiro atoms. The van der Waals surface area contributed by atoms with Crippen LogP contribution in [0.25, 0.3) is 16.1 Å². The number of nitrogens with zero attached hydrogens (tertiary/aromatic N) is 4. The summed E-state index contributed by atoms with van der Waals surface area (Å²) in [6.45, 7) is 1.58. The maximum atomic E-state index is 12.2. The van der Waals surface area contributed by atoms with Crippen molar-refractivity contribution >= 4 is 50.9 Å². The van der Waals surface area contributed by atoms with Gasteiger partial charge in [-0.05, 0) is 19.1 Å². The van der Waals surface area contributed by atoms with E-state index in [2.05, 4.69) is 20.4 Å². The number of aryl methyl sites for hydroxylation is 1. The molecule has 126 valence electrons. The number of nitrogens with one attached hydrogen (secondary N) is 1. The lowest BCUT2D eigenvalue weighted by molar-refractivity contribution is -0.113. The summed E-state index contributed by atoms with van der Waals surface area (Å²) in [6.07, 6.45) is 0. The lowest BCUT2D eigenvalue weighted by Gasteiger charge is -2.03. The van der Waals surface area contributed by atoms with Crippen molar-refractivity contribution in [1.82, 2.24) is 19.6 Å². The van der Waals surface area contributed by atoms with Crippen LogP contribution >= 0.6 is 23.1 Å². The van der Waals surface area contributed by atoms with Crippen molar-refractivity contribution in [3.05, 3.63) is 45.7 Å². The van der Waals surface area contributed by atoms with Crippen LogP contribution in [0.1, 0.15) is 5.69 Å². The Morgan fingerprint density at radius 3 is 3.04 bits per heavy atom. The first kappa shape index (κ1) is 15.8. The van der Waals surface area contributed by atoms with Gasteiger partial charge in [0.25, 0.3) is 10.8 Å². The number of thioether (sulfide) groups is 1. The third kappa shape index (κ3) is 3.13. The molecule has 1 amide bonds. The highest BCUT2D eigenvalue weighted by molar-refractivity contribution is 7.99. The predicted molar refractivity (Wildman–Crippen MR) is 95.2 cm³/mol. The Bertz CT molecular complexity index is 1110. The summed E-state index contributed by atoms with van der Waals surface area (Å²) < 4.78 is 7.01. The number of carbonyl (C=O) groups excluding carboxylic acids is 1. The van der Waals surface area contributed by atoms with Gasteiger partial charge in [-0.1, -0.05) is 23.9 Å². The number of hydrogen-bond donors (Lipinski definition) is 1. The number of para-hydroxylation sites is 2. The highest BCUT2D eigenvalue weighted by Gasteiger charge is 2.13. The van der Waals surface area contributed by atoms with Crippen LogP contribution < -0.4 is 10.9 Å². The van der Waals surface area contributed by atoms with Crippen LogP contribution in [0.5, 0.6) is 0 Å².